The van der Waals surface area contributed by atoms with Gasteiger partial charge in [0.25, 0.3) is 0 Å². The van der Waals surface area contributed by atoms with E-state index in [4.69, 9.17) is 11.5 Å². The Hall–Kier alpha value is -1.49. The minimum atomic E-state index is 0.325. The fourth-order valence-corrected chi connectivity index (χ4v) is 0.834. The summed E-state index contributed by atoms with van der Waals surface area (Å²) in [4.78, 5) is 8.34. The summed E-state index contributed by atoms with van der Waals surface area (Å²) in [6, 6.07) is 3.52. The molecule has 0 amide bonds. The van der Waals surface area contributed by atoms with Crippen LogP contribution in [0.15, 0.2) is 23.3 Å². The van der Waals surface area contributed by atoms with E-state index in [1.165, 1.54) is 0 Å². The number of nitrogen functional groups attached to an aromatic ring is 1. The van der Waals surface area contributed by atoms with E-state index in [1.54, 1.807) is 24.5 Å². The number of aromatic nitrogens is 1. The van der Waals surface area contributed by atoms with Crippen LogP contribution in [0.2, 0.25) is 0 Å². The molecule has 1 heterocycles. The molecule has 4 N–H and O–H groups in total. The standard InChI is InChI=1S/C8H10N4S/c9-6-2-1-3-12-7(6)4-11-5-8(10)13/h1-4H,5,9H2,(H2,10,13). The van der Waals surface area contributed by atoms with E-state index in [9.17, 15) is 0 Å². The van der Waals surface area contributed by atoms with Crippen molar-refractivity contribution in [2.75, 3.05) is 12.3 Å². The average molecular weight is 194 g/mol. The molecule has 68 valence electrons. The molecule has 0 bridgehead atoms. The second kappa shape index (κ2) is 4.51. The van der Waals surface area contributed by atoms with Crippen LogP contribution >= 0.6 is 12.2 Å². The fourth-order valence-electron chi connectivity index (χ4n) is 0.760. The Balaban J connectivity index is 2.68. The zero-order valence-electron chi connectivity index (χ0n) is 6.97. The Bertz CT molecular complexity index is 335. The summed E-state index contributed by atoms with van der Waals surface area (Å²) in [5.74, 6) is 0. The molecule has 0 aliphatic heterocycles. The Morgan fingerprint density at radius 2 is 2.46 bits per heavy atom. The zero-order chi connectivity index (χ0) is 9.68. The van der Waals surface area contributed by atoms with Crippen LogP contribution in [0.4, 0.5) is 5.69 Å². The van der Waals surface area contributed by atoms with Gasteiger partial charge in [0.15, 0.2) is 0 Å². The van der Waals surface area contributed by atoms with E-state index in [0.717, 1.165) is 0 Å². The Morgan fingerprint density at radius 3 is 3.08 bits per heavy atom. The van der Waals surface area contributed by atoms with Gasteiger partial charge >= 0.3 is 0 Å². The van der Waals surface area contributed by atoms with Crippen molar-refractivity contribution in [3.63, 3.8) is 0 Å². The molecule has 0 saturated heterocycles. The molecule has 0 aliphatic carbocycles. The maximum Gasteiger partial charge on any atom is 0.104 e. The summed E-state index contributed by atoms with van der Waals surface area (Å²) in [6.45, 7) is 0.325. The number of rotatable bonds is 3. The van der Waals surface area contributed by atoms with Crippen LogP contribution in [0.1, 0.15) is 5.69 Å². The molecule has 1 rings (SSSR count). The van der Waals surface area contributed by atoms with Crippen molar-refractivity contribution in [2.24, 2.45) is 10.7 Å². The van der Waals surface area contributed by atoms with Crippen LogP contribution in [0.5, 0.6) is 0 Å². The lowest BCUT2D eigenvalue weighted by Crippen LogP contribution is -2.11. The van der Waals surface area contributed by atoms with Gasteiger partial charge in [-0.05, 0) is 12.1 Å². The molecule has 13 heavy (non-hydrogen) atoms. The number of pyridine rings is 1. The van der Waals surface area contributed by atoms with E-state index in [0.29, 0.717) is 22.9 Å². The predicted molar refractivity (Wildman–Crippen MR) is 57.9 cm³/mol. The van der Waals surface area contributed by atoms with Crippen LogP contribution in [-0.4, -0.2) is 22.7 Å². The monoisotopic (exact) mass is 194 g/mol. The molecular weight excluding hydrogens is 184 g/mol. The van der Waals surface area contributed by atoms with Crippen molar-refractivity contribution in [1.29, 1.82) is 0 Å². The molecule has 5 heteroatoms. The fraction of sp³-hybridized carbons (Fsp3) is 0.125. The number of nitrogens with two attached hydrogens (primary N) is 2. The molecule has 0 spiro atoms. The van der Waals surface area contributed by atoms with E-state index in [2.05, 4.69) is 22.2 Å². The number of nitrogens with zero attached hydrogens (tertiary/aromatic N) is 2. The van der Waals surface area contributed by atoms with E-state index < -0.39 is 0 Å². The van der Waals surface area contributed by atoms with Crippen molar-refractivity contribution in [1.82, 2.24) is 4.98 Å². The van der Waals surface area contributed by atoms with Crippen molar-refractivity contribution in [3.05, 3.63) is 24.0 Å². The van der Waals surface area contributed by atoms with Gasteiger partial charge in [-0.1, -0.05) is 12.2 Å². The average Bonchev–Trinajstić information content (AvgIpc) is 2.08. The summed E-state index contributed by atoms with van der Waals surface area (Å²) >= 11 is 4.66. The highest BCUT2D eigenvalue weighted by Crippen LogP contribution is 2.02. The summed E-state index contributed by atoms with van der Waals surface area (Å²) in [5.41, 5.74) is 12.1. The molecule has 0 radical (unpaired) electrons. The lowest BCUT2D eigenvalue weighted by Gasteiger charge is -1.96. The minimum Gasteiger partial charge on any atom is -0.397 e. The molecule has 1 aromatic heterocycles. The SMILES string of the molecule is NC(=S)CN=Cc1ncccc1N. The molecular formula is C8H10N4S. The number of hydrogen-bond acceptors (Lipinski definition) is 4. The topological polar surface area (TPSA) is 77.3 Å². The van der Waals surface area contributed by atoms with Gasteiger partial charge in [-0.15, -0.1) is 0 Å². The van der Waals surface area contributed by atoms with Gasteiger partial charge in [0.05, 0.1) is 17.2 Å². The first-order chi connectivity index (χ1) is 6.20. The Labute approximate surface area is 81.7 Å². The molecule has 0 saturated carbocycles. The number of anilines is 1. The second-order valence-corrected chi connectivity index (χ2v) is 2.94. The third-order valence-electron chi connectivity index (χ3n) is 1.33. The van der Waals surface area contributed by atoms with E-state index >= 15 is 0 Å². The van der Waals surface area contributed by atoms with Crippen molar-refractivity contribution in [2.45, 2.75) is 0 Å². The number of thiocarbonyl (C=S) groups is 1. The number of aliphatic imine (C=N–C) groups is 1. The lowest BCUT2D eigenvalue weighted by molar-refractivity contribution is 1.27. The highest BCUT2D eigenvalue weighted by atomic mass is 32.1. The van der Waals surface area contributed by atoms with Crippen molar-refractivity contribution in [3.8, 4) is 0 Å². The van der Waals surface area contributed by atoms with Crippen LogP contribution in [0, 0.1) is 0 Å². The normalized spacial score (nSPS) is 10.5. The molecule has 0 fully saturated rings. The first-order valence-corrected chi connectivity index (χ1v) is 4.09. The van der Waals surface area contributed by atoms with Crippen LogP contribution in [0.3, 0.4) is 0 Å². The van der Waals surface area contributed by atoms with Crippen molar-refractivity contribution < 1.29 is 0 Å². The van der Waals surface area contributed by atoms with Crippen LogP contribution < -0.4 is 11.5 Å². The quantitative estimate of drug-likeness (QED) is 0.538. The minimum absolute atomic E-state index is 0.325. The largest absolute Gasteiger partial charge is 0.397 e. The van der Waals surface area contributed by atoms with E-state index in [1.807, 2.05) is 0 Å². The first kappa shape index (κ1) is 9.60. The zero-order valence-corrected chi connectivity index (χ0v) is 7.79. The van der Waals surface area contributed by atoms with Gasteiger partial charge in [0, 0.05) is 12.4 Å². The summed E-state index contributed by atoms with van der Waals surface area (Å²) < 4.78 is 0. The van der Waals surface area contributed by atoms with Gasteiger partial charge in [-0.25, -0.2) is 0 Å². The third kappa shape index (κ3) is 3.16. The van der Waals surface area contributed by atoms with Gasteiger partial charge < -0.3 is 11.5 Å². The number of hydrogen-bond donors (Lipinski definition) is 2. The van der Waals surface area contributed by atoms with Crippen LogP contribution in [0.25, 0.3) is 0 Å². The molecule has 4 nitrogen and oxygen atoms in total. The smallest absolute Gasteiger partial charge is 0.104 e. The van der Waals surface area contributed by atoms with Gasteiger partial charge in [-0.3, -0.25) is 9.98 Å². The Kier molecular flexibility index (Phi) is 3.33. The highest BCUT2D eigenvalue weighted by molar-refractivity contribution is 7.80. The van der Waals surface area contributed by atoms with E-state index in [-0.39, 0.29) is 0 Å². The maximum atomic E-state index is 5.62. The first-order valence-electron chi connectivity index (χ1n) is 3.69. The third-order valence-corrected chi connectivity index (χ3v) is 1.46. The van der Waals surface area contributed by atoms with Gasteiger partial charge in [0.2, 0.25) is 0 Å². The predicted octanol–water partition coefficient (Wildman–Crippen LogP) is 0.369. The summed E-state index contributed by atoms with van der Waals surface area (Å²) in [7, 11) is 0. The molecule has 0 aliphatic rings. The van der Waals surface area contributed by atoms with Gasteiger partial charge in [0.1, 0.15) is 5.69 Å². The molecule has 0 unspecified atom stereocenters. The molecule has 0 aromatic carbocycles. The lowest BCUT2D eigenvalue weighted by atomic mass is 10.3. The highest BCUT2D eigenvalue weighted by Gasteiger charge is 1.93. The van der Waals surface area contributed by atoms with Crippen LogP contribution in [-0.2, 0) is 0 Å². The molecule has 0 atom stereocenters. The second-order valence-electron chi connectivity index (χ2n) is 2.41. The summed E-state index contributed by atoms with van der Waals surface area (Å²) in [5, 5.41) is 0. The van der Waals surface area contributed by atoms with Crippen molar-refractivity contribution >= 4 is 29.1 Å². The molecule has 1 aromatic rings. The maximum absolute atomic E-state index is 5.62. The summed E-state index contributed by atoms with van der Waals surface area (Å²) in [6.07, 6.45) is 3.22. The Morgan fingerprint density at radius 1 is 1.69 bits per heavy atom. The van der Waals surface area contributed by atoms with Gasteiger partial charge in [-0.2, -0.15) is 0 Å².